The predicted octanol–water partition coefficient (Wildman–Crippen LogP) is 2.47. The Kier molecular flexibility index (Phi) is 3.04. The van der Waals surface area contributed by atoms with Crippen LogP contribution < -0.4 is 5.73 Å². The van der Waals surface area contributed by atoms with Gasteiger partial charge < -0.3 is 10.6 Å². The summed E-state index contributed by atoms with van der Waals surface area (Å²) in [6, 6.07) is 10.0. The first-order chi connectivity index (χ1) is 10.7. The molecule has 2 N–H and O–H groups in total. The van der Waals surface area contributed by atoms with Crippen LogP contribution in [0.2, 0.25) is 0 Å². The zero-order chi connectivity index (χ0) is 15.1. The number of nitrogen functional groups attached to an aromatic ring is 1. The van der Waals surface area contributed by atoms with Gasteiger partial charge in [0, 0.05) is 17.4 Å². The van der Waals surface area contributed by atoms with Crippen molar-refractivity contribution in [3.05, 3.63) is 52.7 Å². The van der Waals surface area contributed by atoms with E-state index in [1.54, 1.807) is 6.20 Å². The number of fused-ring (bicyclic) bond motifs is 2. The van der Waals surface area contributed by atoms with Crippen LogP contribution in [0.3, 0.4) is 0 Å². The lowest BCUT2D eigenvalue weighted by Gasteiger charge is -2.27. The molecule has 4 rings (SSSR count). The number of amides is 1. The number of aromatic nitrogens is 2. The summed E-state index contributed by atoms with van der Waals surface area (Å²) in [5, 5.41) is 1.11. The largest absolute Gasteiger partial charge is 0.368 e. The molecule has 5 nitrogen and oxygen atoms in total. The molecule has 1 aliphatic heterocycles. The average molecular weight is 310 g/mol. The summed E-state index contributed by atoms with van der Waals surface area (Å²) in [6.07, 6.45) is 2.53. The molecule has 2 aromatic heterocycles. The number of anilines is 1. The van der Waals surface area contributed by atoms with Crippen molar-refractivity contribution in [1.82, 2.24) is 14.9 Å². The second kappa shape index (κ2) is 5.06. The fraction of sp³-hybridized carbons (Fsp3) is 0.188. The molecule has 0 saturated heterocycles. The molecule has 1 amide bonds. The van der Waals surface area contributed by atoms with E-state index in [2.05, 4.69) is 9.97 Å². The van der Waals surface area contributed by atoms with Crippen LogP contribution in [0.1, 0.15) is 20.9 Å². The molecule has 0 aliphatic carbocycles. The van der Waals surface area contributed by atoms with Crippen LogP contribution in [0.4, 0.5) is 5.95 Å². The summed E-state index contributed by atoms with van der Waals surface area (Å²) in [5.74, 6) is 0.318. The fourth-order valence-corrected chi connectivity index (χ4v) is 3.77. The van der Waals surface area contributed by atoms with Gasteiger partial charge in [-0.25, -0.2) is 9.97 Å². The molecule has 6 heteroatoms. The normalized spacial score (nSPS) is 14.1. The Balaban J connectivity index is 1.63. The highest BCUT2D eigenvalue weighted by atomic mass is 32.1. The average Bonchev–Trinajstić information content (AvgIpc) is 2.97. The molecule has 1 aromatic carbocycles. The predicted molar refractivity (Wildman–Crippen MR) is 86.7 cm³/mol. The van der Waals surface area contributed by atoms with E-state index in [1.807, 2.05) is 35.2 Å². The number of nitrogens with two attached hydrogens (primary N) is 1. The lowest BCUT2D eigenvalue weighted by Crippen LogP contribution is -2.36. The molecule has 3 aromatic rings. The van der Waals surface area contributed by atoms with Gasteiger partial charge in [0.15, 0.2) is 0 Å². The van der Waals surface area contributed by atoms with Gasteiger partial charge in [-0.1, -0.05) is 18.2 Å². The van der Waals surface area contributed by atoms with Gasteiger partial charge in [0.1, 0.15) is 0 Å². The highest BCUT2D eigenvalue weighted by molar-refractivity contribution is 7.20. The van der Waals surface area contributed by atoms with E-state index >= 15 is 0 Å². The Morgan fingerprint density at radius 2 is 2.18 bits per heavy atom. The van der Waals surface area contributed by atoms with E-state index in [9.17, 15) is 4.79 Å². The summed E-state index contributed by atoms with van der Waals surface area (Å²) in [6.45, 7) is 1.18. The van der Waals surface area contributed by atoms with E-state index in [0.29, 0.717) is 13.1 Å². The molecule has 0 fully saturated rings. The Morgan fingerprint density at radius 1 is 1.32 bits per heavy atom. The molecule has 0 radical (unpaired) electrons. The monoisotopic (exact) mass is 310 g/mol. The zero-order valence-electron chi connectivity index (χ0n) is 11.8. The second-order valence-corrected chi connectivity index (χ2v) is 6.41. The third kappa shape index (κ3) is 2.21. The van der Waals surface area contributed by atoms with Crippen LogP contribution in [-0.2, 0) is 13.0 Å². The van der Waals surface area contributed by atoms with E-state index in [4.69, 9.17) is 5.73 Å². The molecule has 1 aliphatic rings. The highest BCUT2D eigenvalue weighted by Crippen LogP contribution is 2.27. The van der Waals surface area contributed by atoms with Crippen molar-refractivity contribution >= 4 is 33.3 Å². The summed E-state index contributed by atoms with van der Waals surface area (Å²) >= 11 is 1.53. The van der Waals surface area contributed by atoms with Crippen LogP contribution in [0.25, 0.3) is 10.1 Å². The van der Waals surface area contributed by atoms with Gasteiger partial charge in [0.25, 0.3) is 5.91 Å². The van der Waals surface area contributed by atoms with Gasteiger partial charge in [-0.05, 0) is 29.5 Å². The summed E-state index contributed by atoms with van der Waals surface area (Å²) in [5.41, 5.74) is 7.58. The van der Waals surface area contributed by atoms with Gasteiger partial charge in [-0.3, -0.25) is 4.79 Å². The molecule has 0 atom stereocenters. The molecule has 3 heterocycles. The van der Waals surface area contributed by atoms with E-state index in [0.717, 1.165) is 32.6 Å². The van der Waals surface area contributed by atoms with Crippen molar-refractivity contribution < 1.29 is 4.79 Å². The smallest absolute Gasteiger partial charge is 0.264 e. The van der Waals surface area contributed by atoms with Gasteiger partial charge in [-0.2, -0.15) is 0 Å². The first-order valence-electron chi connectivity index (χ1n) is 7.09. The number of benzene rings is 1. The highest BCUT2D eigenvalue weighted by Gasteiger charge is 2.24. The first-order valence-corrected chi connectivity index (χ1v) is 7.90. The van der Waals surface area contributed by atoms with Crippen molar-refractivity contribution in [2.75, 3.05) is 12.3 Å². The lowest BCUT2D eigenvalue weighted by molar-refractivity contribution is 0.0737. The topological polar surface area (TPSA) is 72.1 Å². The third-order valence-corrected chi connectivity index (χ3v) is 4.99. The van der Waals surface area contributed by atoms with Gasteiger partial charge in [-0.15, -0.1) is 11.3 Å². The van der Waals surface area contributed by atoms with E-state index in [1.165, 1.54) is 11.3 Å². The lowest BCUT2D eigenvalue weighted by atomic mass is 10.1. The molecule has 110 valence electrons. The maximum absolute atomic E-state index is 12.7. The maximum Gasteiger partial charge on any atom is 0.264 e. The summed E-state index contributed by atoms with van der Waals surface area (Å²) < 4.78 is 1.13. The summed E-state index contributed by atoms with van der Waals surface area (Å²) in [7, 11) is 0. The van der Waals surface area contributed by atoms with Crippen molar-refractivity contribution in [1.29, 1.82) is 0 Å². The number of carbonyl (C=O) groups is 1. The molecular weight excluding hydrogens is 296 g/mol. The van der Waals surface area contributed by atoms with Crippen molar-refractivity contribution in [2.45, 2.75) is 13.0 Å². The zero-order valence-corrected chi connectivity index (χ0v) is 12.6. The molecule has 0 bridgehead atoms. The van der Waals surface area contributed by atoms with Crippen LogP contribution in [-0.4, -0.2) is 27.3 Å². The van der Waals surface area contributed by atoms with E-state index in [-0.39, 0.29) is 11.9 Å². The SMILES string of the molecule is Nc1ncc2c(n1)CN(C(=O)c1cc3ccccc3s1)CC2. The van der Waals surface area contributed by atoms with Gasteiger partial charge in [0.05, 0.1) is 17.1 Å². The van der Waals surface area contributed by atoms with Gasteiger partial charge >= 0.3 is 0 Å². The molecule has 0 saturated carbocycles. The molecular formula is C16H14N4OS. The van der Waals surface area contributed by atoms with Crippen molar-refractivity contribution in [2.24, 2.45) is 0 Å². The molecule has 0 spiro atoms. The Morgan fingerprint density at radius 3 is 3.05 bits per heavy atom. The van der Waals surface area contributed by atoms with Crippen LogP contribution >= 0.6 is 11.3 Å². The third-order valence-electron chi connectivity index (χ3n) is 3.89. The standard InChI is InChI=1S/C16H14N4OS/c17-16-18-8-11-5-6-20(9-12(11)19-16)15(21)14-7-10-3-1-2-4-13(10)22-14/h1-4,7-8H,5-6,9H2,(H2,17,18,19). The Bertz CT molecular complexity index is 840. The van der Waals surface area contributed by atoms with E-state index < -0.39 is 0 Å². The number of thiophene rings is 1. The summed E-state index contributed by atoms with van der Waals surface area (Å²) in [4.78, 5) is 23.6. The van der Waals surface area contributed by atoms with Crippen LogP contribution in [0, 0.1) is 0 Å². The minimum Gasteiger partial charge on any atom is -0.368 e. The molecule has 22 heavy (non-hydrogen) atoms. The fourth-order valence-electron chi connectivity index (χ4n) is 2.73. The number of carbonyl (C=O) groups excluding carboxylic acids is 1. The quantitative estimate of drug-likeness (QED) is 0.749. The number of hydrogen-bond acceptors (Lipinski definition) is 5. The number of hydrogen-bond donors (Lipinski definition) is 1. The van der Waals surface area contributed by atoms with Gasteiger partial charge in [0.2, 0.25) is 5.95 Å². The Hall–Kier alpha value is -2.47. The van der Waals surface area contributed by atoms with Crippen LogP contribution in [0.15, 0.2) is 36.5 Å². The maximum atomic E-state index is 12.7. The number of nitrogens with zero attached hydrogens (tertiary/aromatic N) is 3. The van der Waals surface area contributed by atoms with Crippen molar-refractivity contribution in [3.8, 4) is 0 Å². The second-order valence-electron chi connectivity index (χ2n) is 5.33. The molecule has 0 unspecified atom stereocenters. The van der Waals surface area contributed by atoms with Crippen molar-refractivity contribution in [3.63, 3.8) is 0 Å². The Labute approximate surface area is 131 Å². The number of rotatable bonds is 1. The minimum absolute atomic E-state index is 0.0593. The van der Waals surface area contributed by atoms with Crippen LogP contribution in [0.5, 0.6) is 0 Å². The first kappa shape index (κ1) is 13.2. The minimum atomic E-state index is 0.0593.